The van der Waals surface area contributed by atoms with Crippen LogP contribution in [0.1, 0.15) is 38.5 Å². The Hall–Kier alpha value is -1.59. The zero-order chi connectivity index (χ0) is 13.2. The van der Waals surface area contributed by atoms with Gasteiger partial charge >= 0.3 is 5.97 Å². The van der Waals surface area contributed by atoms with Gasteiger partial charge < -0.3 is 15.3 Å². The van der Waals surface area contributed by atoms with E-state index < -0.39 is 11.5 Å². The number of carboxylic acids is 1. The highest BCUT2D eigenvalue weighted by molar-refractivity contribution is 5.91. The van der Waals surface area contributed by atoms with Crippen LogP contribution in [0.15, 0.2) is 0 Å². The first-order valence-electron chi connectivity index (χ1n) is 6.36. The van der Waals surface area contributed by atoms with Crippen molar-refractivity contribution in [1.29, 1.82) is 0 Å². The second-order valence-electron chi connectivity index (χ2n) is 5.06. The fraction of sp³-hybridized carbons (Fsp3) is 0.750. The number of likely N-dealkylation sites (tertiary alicyclic amines) is 1. The third-order valence-electron chi connectivity index (χ3n) is 3.54. The zero-order valence-corrected chi connectivity index (χ0v) is 10.3. The van der Waals surface area contributed by atoms with Crippen LogP contribution in [0.2, 0.25) is 0 Å². The van der Waals surface area contributed by atoms with E-state index in [4.69, 9.17) is 5.11 Å². The molecule has 0 aromatic rings. The minimum absolute atomic E-state index is 0.0113. The Kier molecular flexibility index (Phi) is 3.54. The van der Waals surface area contributed by atoms with Crippen LogP contribution in [-0.2, 0) is 14.4 Å². The van der Waals surface area contributed by atoms with Gasteiger partial charge in [0.25, 0.3) is 0 Å². The van der Waals surface area contributed by atoms with Crippen LogP contribution >= 0.6 is 0 Å². The molecule has 1 aliphatic carbocycles. The number of carbonyl (C=O) groups excluding carboxylic acids is 2. The van der Waals surface area contributed by atoms with Crippen LogP contribution in [0, 0.1) is 0 Å². The molecule has 18 heavy (non-hydrogen) atoms. The number of aliphatic carboxylic acids is 1. The summed E-state index contributed by atoms with van der Waals surface area (Å²) in [5, 5.41) is 11.5. The second kappa shape index (κ2) is 4.96. The molecule has 1 saturated carbocycles. The van der Waals surface area contributed by atoms with E-state index in [9.17, 15) is 14.4 Å². The number of amides is 2. The van der Waals surface area contributed by atoms with Gasteiger partial charge in [-0.25, -0.2) is 4.79 Å². The Morgan fingerprint density at radius 1 is 1.28 bits per heavy atom. The number of hydrogen-bond donors (Lipinski definition) is 2. The molecule has 2 rings (SSSR count). The van der Waals surface area contributed by atoms with Crippen molar-refractivity contribution in [3.63, 3.8) is 0 Å². The Bertz CT molecular complexity index is 376. The molecule has 0 spiro atoms. The summed E-state index contributed by atoms with van der Waals surface area (Å²) in [6.07, 6.45) is 4.21. The van der Waals surface area contributed by atoms with E-state index in [1.807, 2.05) is 0 Å². The molecule has 1 saturated heterocycles. The molecule has 1 heterocycles. The van der Waals surface area contributed by atoms with Crippen molar-refractivity contribution >= 4 is 17.8 Å². The molecule has 2 amide bonds. The SMILES string of the molecule is O=C(CN1CCCCCC1=O)NC1(C(=O)O)CC1. The topological polar surface area (TPSA) is 86.7 Å². The van der Waals surface area contributed by atoms with Crippen LogP contribution in [-0.4, -0.2) is 46.4 Å². The maximum Gasteiger partial charge on any atom is 0.329 e. The van der Waals surface area contributed by atoms with Crippen molar-refractivity contribution in [3.05, 3.63) is 0 Å². The standard InChI is InChI=1S/C12H18N2O4/c15-9(13-12(5-6-12)11(17)18)8-14-7-3-1-2-4-10(14)16/h1-8H2,(H,13,15)(H,17,18). The average molecular weight is 254 g/mol. The van der Waals surface area contributed by atoms with Gasteiger partial charge in [0.05, 0.1) is 6.54 Å². The first-order valence-corrected chi connectivity index (χ1v) is 6.36. The van der Waals surface area contributed by atoms with E-state index in [0.29, 0.717) is 25.8 Å². The molecule has 2 N–H and O–H groups in total. The summed E-state index contributed by atoms with van der Waals surface area (Å²) in [4.78, 5) is 35.9. The van der Waals surface area contributed by atoms with E-state index in [-0.39, 0.29) is 18.4 Å². The van der Waals surface area contributed by atoms with Gasteiger partial charge in [-0.15, -0.1) is 0 Å². The van der Waals surface area contributed by atoms with E-state index in [1.54, 1.807) is 0 Å². The minimum Gasteiger partial charge on any atom is -0.480 e. The molecule has 2 fully saturated rings. The number of carboxylic acid groups (broad SMARTS) is 1. The van der Waals surface area contributed by atoms with Crippen LogP contribution in [0.25, 0.3) is 0 Å². The first kappa shape index (κ1) is 12.9. The quantitative estimate of drug-likeness (QED) is 0.746. The van der Waals surface area contributed by atoms with Crippen molar-refractivity contribution in [2.75, 3.05) is 13.1 Å². The highest BCUT2D eigenvalue weighted by Gasteiger charge is 2.51. The molecular weight excluding hydrogens is 236 g/mol. The van der Waals surface area contributed by atoms with Gasteiger partial charge in [0.15, 0.2) is 0 Å². The summed E-state index contributed by atoms with van der Waals surface area (Å²) in [6.45, 7) is 0.570. The molecule has 0 aromatic heterocycles. The number of rotatable bonds is 4. The third-order valence-corrected chi connectivity index (χ3v) is 3.54. The van der Waals surface area contributed by atoms with Crippen molar-refractivity contribution in [2.24, 2.45) is 0 Å². The van der Waals surface area contributed by atoms with Crippen LogP contribution < -0.4 is 5.32 Å². The normalized spacial score (nSPS) is 22.2. The lowest BCUT2D eigenvalue weighted by molar-refractivity contribution is -0.143. The van der Waals surface area contributed by atoms with E-state index in [1.165, 1.54) is 4.90 Å². The highest BCUT2D eigenvalue weighted by atomic mass is 16.4. The van der Waals surface area contributed by atoms with Crippen LogP contribution in [0.3, 0.4) is 0 Å². The summed E-state index contributed by atoms with van der Waals surface area (Å²) < 4.78 is 0. The van der Waals surface area contributed by atoms with Crippen molar-refractivity contribution in [3.8, 4) is 0 Å². The number of hydrogen-bond acceptors (Lipinski definition) is 3. The van der Waals surface area contributed by atoms with Crippen molar-refractivity contribution in [2.45, 2.75) is 44.1 Å². The molecule has 0 atom stereocenters. The number of carbonyl (C=O) groups is 3. The predicted molar refractivity (Wildman–Crippen MR) is 62.8 cm³/mol. The lowest BCUT2D eigenvalue weighted by Gasteiger charge is -2.21. The molecule has 6 heteroatoms. The smallest absolute Gasteiger partial charge is 0.329 e. The van der Waals surface area contributed by atoms with E-state index >= 15 is 0 Å². The van der Waals surface area contributed by atoms with Gasteiger partial charge in [0, 0.05) is 13.0 Å². The zero-order valence-electron chi connectivity index (χ0n) is 10.3. The van der Waals surface area contributed by atoms with Crippen LogP contribution in [0.5, 0.6) is 0 Å². The Labute approximate surface area is 105 Å². The van der Waals surface area contributed by atoms with Gasteiger partial charge in [0.1, 0.15) is 5.54 Å². The average Bonchev–Trinajstić information content (AvgIpc) is 3.08. The summed E-state index contributed by atoms with van der Waals surface area (Å²) in [5.41, 5.74) is -1.06. The number of nitrogens with one attached hydrogen (secondary N) is 1. The van der Waals surface area contributed by atoms with E-state index in [2.05, 4.69) is 5.32 Å². The molecule has 0 radical (unpaired) electrons. The lowest BCUT2D eigenvalue weighted by Crippen LogP contribution is -2.48. The van der Waals surface area contributed by atoms with Gasteiger partial charge in [-0.2, -0.15) is 0 Å². The predicted octanol–water partition coefficient (Wildman–Crippen LogP) is 0.122. The monoisotopic (exact) mass is 254 g/mol. The van der Waals surface area contributed by atoms with E-state index in [0.717, 1.165) is 19.3 Å². The molecule has 0 aromatic carbocycles. The molecule has 100 valence electrons. The fourth-order valence-corrected chi connectivity index (χ4v) is 2.20. The molecule has 1 aliphatic heterocycles. The number of nitrogens with zero attached hydrogens (tertiary/aromatic N) is 1. The largest absolute Gasteiger partial charge is 0.480 e. The van der Waals surface area contributed by atoms with Gasteiger partial charge in [-0.3, -0.25) is 9.59 Å². The van der Waals surface area contributed by atoms with Gasteiger partial charge in [0.2, 0.25) is 11.8 Å². The van der Waals surface area contributed by atoms with Gasteiger partial charge in [-0.05, 0) is 25.7 Å². The Morgan fingerprint density at radius 3 is 2.61 bits per heavy atom. The fourth-order valence-electron chi connectivity index (χ4n) is 2.20. The summed E-state index contributed by atoms with van der Waals surface area (Å²) in [7, 11) is 0. The highest BCUT2D eigenvalue weighted by Crippen LogP contribution is 2.35. The van der Waals surface area contributed by atoms with Crippen LogP contribution in [0.4, 0.5) is 0 Å². The summed E-state index contributed by atoms with van der Waals surface area (Å²) in [6, 6.07) is 0. The Morgan fingerprint density at radius 2 is 2.00 bits per heavy atom. The summed E-state index contributed by atoms with van der Waals surface area (Å²) >= 11 is 0. The molecule has 0 bridgehead atoms. The summed E-state index contributed by atoms with van der Waals surface area (Å²) in [5.74, 6) is -1.37. The maximum absolute atomic E-state index is 11.8. The second-order valence-corrected chi connectivity index (χ2v) is 5.06. The Balaban J connectivity index is 1.87. The molecule has 0 unspecified atom stereocenters. The molecule has 6 nitrogen and oxygen atoms in total. The van der Waals surface area contributed by atoms with Crippen molar-refractivity contribution < 1.29 is 19.5 Å². The third kappa shape index (κ3) is 2.80. The van der Waals surface area contributed by atoms with Gasteiger partial charge in [-0.1, -0.05) is 6.42 Å². The van der Waals surface area contributed by atoms with Crippen molar-refractivity contribution in [1.82, 2.24) is 10.2 Å². The molecular formula is C12H18N2O4. The molecule has 2 aliphatic rings. The minimum atomic E-state index is -1.06. The first-order chi connectivity index (χ1) is 8.53. The lowest BCUT2D eigenvalue weighted by atomic mass is 10.2. The maximum atomic E-state index is 11.8.